The zero-order valence-electron chi connectivity index (χ0n) is 39.1. The van der Waals surface area contributed by atoms with Crippen LogP contribution < -0.4 is 0 Å². The van der Waals surface area contributed by atoms with Crippen LogP contribution in [0.5, 0.6) is 5.75 Å². The third-order valence-corrected chi connectivity index (χ3v) is 12.8. The number of nitrogens with zero attached hydrogens (tertiary/aromatic N) is 4. The van der Waals surface area contributed by atoms with Crippen molar-refractivity contribution in [2.24, 2.45) is 0 Å². The van der Waals surface area contributed by atoms with Crippen LogP contribution in [0.4, 0.5) is 0 Å². The van der Waals surface area contributed by atoms with Gasteiger partial charge in [0, 0.05) is 60.5 Å². The smallest absolute Gasteiger partial charge is 0.148 e. The number of rotatable bonds is 6. The molecule has 0 radical (unpaired) electrons. The first-order valence-corrected chi connectivity index (χ1v) is 22.6. The summed E-state index contributed by atoms with van der Waals surface area (Å²) in [5, 5.41) is 14.7. The molecule has 0 atom stereocenters. The summed E-state index contributed by atoms with van der Waals surface area (Å²) in [7, 11) is 0. The van der Waals surface area contributed by atoms with E-state index in [1.54, 1.807) is 0 Å². The van der Waals surface area contributed by atoms with Gasteiger partial charge in [-0.3, -0.25) is 9.55 Å². The van der Waals surface area contributed by atoms with E-state index in [9.17, 15) is 5.11 Å². The molecule has 10 aromatic rings. The molecule has 0 aliphatic carbocycles. The Morgan fingerprint density at radius 3 is 1.86 bits per heavy atom. The zero-order chi connectivity index (χ0) is 45.4. The quantitative estimate of drug-likeness (QED) is 0.169. The monoisotopic (exact) mass is 1040 g/mol. The van der Waals surface area contributed by atoms with Crippen LogP contribution in [0.15, 0.2) is 164 Å². The minimum Gasteiger partial charge on any atom is -0.507 e. The Balaban J connectivity index is 0.00000548. The summed E-state index contributed by atoms with van der Waals surface area (Å²) in [6, 6.07) is 59.5. The second-order valence-electron chi connectivity index (χ2n) is 20.4. The molecule has 7 aromatic carbocycles. The average Bonchev–Trinajstić information content (AvgIpc) is 3.85. The Bertz CT molecular complexity index is 3430. The van der Waals surface area contributed by atoms with E-state index in [4.69, 9.17) is 9.97 Å². The summed E-state index contributed by atoms with van der Waals surface area (Å²) < 4.78 is 4.59. The van der Waals surface area contributed by atoms with E-state index < -0.39 is 0 Å². The van der Waals surface area contributed by atoms with Crippen LogP contribution >= 0.6 is 0 Å². The van der Waals surface area contributed by atoms with Gasteiger partial charge in [0.1, 0.15) is 11.6 Å². The number of fused-ring (bicyclic) bond motifs is 4. The van der Waals surface area contributed by atoms with Gasteiger partial charge in [0.05, 0.1) is 33.3 Å². The zero-order valence-corrected chi connectivity index (χ0v) is 41.4. The normalized spacial score (nSPS) is 12.3. The van der Waals surface area contributed by atoms with Crippen LogP contribution in [0.3, 0.4) is 0 Å². The molecule has 3 heterocycles. The number of hydrogen-bond acceptors (Lipinski definition) is 3. The van der Waals surface area contributed by atoms with Crippen molar-refractivity contribution < 1.29 is 26.2 Å². The van der Waals surface area contributed by atoms with Crippen molar-refractivity contribution in [1.82, 2.24) is 19.1 Å². The number of imidazole rings is 1. The number of aromatic hydroxyl groups is 1. The van der Waals surface area contributed by atoms with Gasteiger partial charge in [-0.2, -0.15) is 0 Å². The first kappa shape index (κ1) is 44.6. The van der Waals surface area contributed by atoms with Crippen LogP contribution in [-0.4, -0.2) is 24.2 Å². The van der Waals surface area contributed by atoms with Crippen LogP contribution in [0, 0.1) is 6.07 Å². The van der Waals surface area contributed by atoms with Crippen LogP contribution in [0.25, 0.3) is 89.1 Å². The summed E-state index contributed by atoms with van der Waals surface area (Å²) in [5.74, 6) is 0.928. The van der Waals surface area contributed by atoms with Crippen molar-refractivity contribution in [1.29, 1.82) is 0 Å². The Morgan fingerprint density at radius 1 is 0.515 bits per heavy atom. The third kappa shape index (κ3) is 7.77. The Morgan fingerprint density at radius 2 is 1.15 bits per heavy atom. The molecule has 0 saturated carbocycles. The topological polar surface area (TPSA) is 55.9 Å². The molecule has 0 unspecified atom stereocenters. The molecule has 0 fully saturated rings. The Labute approximate surface area is 403 Å². The predicted octanol–water partition coefficient (Wildman–Crippen LogP) is 15.6. The third-order valence-electron chi connectivity index (χ3n) is 12.8. The number of phenolic OH excluding ortho intramolecular Hbond substituents is 1. The predicted molar refractivity (Wildman–Crippen MR) is 272 cm³/mol. The van der Waals surface area contributed by atoms with Crippen molar-refractivity contribution >= 4 is 32.8 Å². The van der Waals surface area contributed by atoms with Gasteiger partial charge in [-0.15, -0.1) is 29.8 Å². The fourth-order valence-electron chi connectivity index (χ4n) is 9.33. The van der Waals surface area contributed by atoms with E-state index in [2.05, 4.69) is 235 Å². The van der Waals surface area contributed by atoms with Gasteiger partial charge in [0.2, 0.25) is 0 Å². The SMILES string of the molecule is CC(C)(C)c1ccc(-n2c(-c3cc(C(C)(C)C)cc(C(C)(C)C)c3O)nc3c(-c4[c-]c(-c5nccc6c5c5ccccc5n6-c5ccccc5)ccc4)cccc32)c(-c2ccccc2)c1.[Pt]. The number of benzene rings is 7. The first-order valence-electron chi connectivity index (χ1n) is 22.6. The average molecular weight is 1040 g/mol. The number of para-hydroxylation sites is 3. The fourth-order valence-corrected chi connectivity index (χ4v) is 9.33. The first-order chi connectivity index (χ1) is 31.1. The molecule has 0 saturated heterocycles. The van der Waals surface area contributed by atoms with Gasteiger partial charge in [-0.1, -0.05) is 164 Å². The van der Waals surface area contributed by atoms with Crippen molar-refractivity contribution in [3.63, 3.8) is 0 Å². The summed E-state index contributed by atoms with van der Waals surface area (Å²) in [5.41, 5.74) is 15.2. The molecule has 0 spiro atoms. The molecule has 10 rings (SSSR count). The molecule has 6 heteroatoms. The molecule has 0 aliphatic rings. The second kappa shape index (κ2) is 16.7. The minimum absolute atomic E-state index is 0. The van der Waals surface area contributed by atoms with Gasteiger partial charge in [0.25, 0.3) is 0 Å². The maximum atomic E-state index is 12.5. The molecule has 0 amide bonds. The molecule has 332 valence electrons. The molecule has 66 heavy (non-hydrogen) atoms. The number of pyridine rings is 1. The molecule has 5 nitrogen and oxygen atoms in total. The van der Waals surface area contributed by atoms with Crippen molar-refractivity contribution in [2.75, 3.05) is 0 Å². The van der Waals surface area contributed by atoms with Gasteiger partial charge < -0.3 is 9.67 Å². The van der Waals surface area contributed by atoms with Gasteiger partial charge >= 0.3 is 0 Å². The Kier molecular flexibility index (Phi) is 11.3. The number of hydrogen-bond donors (Lipinski definition) is 1. The van der Waals surface area contributed by atoms with E-state index in [-0.39, 0.29) is 43.1 Å². The van der Waals surface area contributed by atoms with E-state index >= 15 is 0 Å². The minimum atomic E-state index is -0.328. The summed E-state index contributed by atoms with van der Waals surface area (Å²) in [4.78, 5) is 10.7. The Hall–Kier alpha value is -6.55. The van der Waals surface area contributed by atoms with Crippen LogP contribution in [0.1, 0.15) is 79.0 Å². The van der Waals surface area contributed by atoms with Crippen LogP contribution in [-0.2, 0) is 37.3 Å². The van der Waals surface area contributed by atoms with Gasteiger partial charge in [-0.05, 0) is 81.5 Å². The standard InChI is InChI=1S/C60H55N4O.Pt/c1-58(2,3)41-30-31-50(46(35-41)38-20-12-10-13-21-38)64-52-29-19-27-44(55(52)62-57(64)47-36-42(59(4,5)6)37-48(56(47)65)60(7,8)9)39-22-18-23-40(34-39)54-53-45-26-16-17-28-49(45)63(51(53)32-33-61-54)43-24-14-11-15-25-43;/h10-33,35-37,65H,1-9H3;/q-1;. The molecule has 1 N–H and O–H groups in total. The second-order valence-corrected chi connectivity index (χ2v) is 20.4. The van der Waals surface area contributed by atoms with Gasteiger partial charge in [-0.25, -0.2) is 4.98 Å². The van der Waals surface area contributed by atoms with E-state index in [1.165, 1.54) is 5.56 Å². The maximum Gasteiger partial charge on any atom is 0.148 e. The summed E-state index contributed by atoms with van der Waals surface area (Å²) in [6.45, 7) is 19.9. The molecular weight excluding hydrogens is 988 g/mol. The fraction of sp³-hybridized carbons (Fsp3) is 0.200. The van der Waals surface area contributed by atoms with Crippen molar-refractivity contribution in [3.05, 3.63) is 187 Å². The van der Waals surface area contributed by atoms with Crippen LogP contribution in [0.2, 0.25) is 0 Å². The maximum absolute atomic E-state index is 12.5. The van der Waals surface area contributed by atoms with Crippen molar-refractivity contribution in [2.45, 2.75) is 78.6 Å². The van der Waals surface area contributed by atoms with E-state index in [0.29, 0.717) is 11.4 Å². The molecule has 3 aromatic heterocycles. The largest absolute Gasteiger partial charge is 0.507 e. The number of phenols is 1. The summed E-state index contributed by atoms with van der Waals surface area (Å²) in [6.07, 6.45) is 1.91. The summed E-state index contributed by atoms with van der Waals surface area (Å²) >= 11 is 0. The van der Waals surface area contributed by atoms with Crippen molar-refractivity contribution in [3.8, 4) is 62.0 Å². The van der Waals surface area contributed by atoms with Gasteiger partial charge in [0.15, 0.2) is 0 Å². The molecule has 0 aliphatic heterocycles. The number of aromatic nitrogens is 4. The molecular formula is C60H55N4OPt-. The van der Waals surface area contributed by atoms with E-state index in [0.717, 1.165) is 88.9 Å². The van der Waals surface area contributed by atoms with E-state index in [1.807, 2.05) is 6.20 Å². The molecule has 0 bridgehead atoms.